The summed E-state index contributed by atoms with van der Waals surface area (Å²) in [6, 6.07) is 8.27. The third-order valence-electron chi connectivity index (χ3n) is 4.37. The van der Waals surface area contributed by atoms with Crippen molar-refractivity contribution in [3.05, 3.63) is 29.8 Å². The Labute approximate surface area is 109 Å². The van der Waals surface area contributed by atoms with Crippen molar-refractivity contribution < 1.29 is 4.74 Å². The fraction of sp³-hybridized carbons (Fsp3) is 0.600. The van der Waals surface area contributed by atoms with Gasteiger partial charge in [0.05, 0.1) is 13.3 Å². The van der Waals surface area contributed by atoms with Crippen molar-refractivity contribution in [2.24, 2.45) is 5.92 Å². The summed E-state index contributed by atoms with van der Waals surface area (Å²) >= 11 is 0. The van der Waals surface area contributed by atoms with Gasteiger partial charge in [-0.05, 0) is 44.3 Å². The molecule has 4 rings (SSSR count). The first-order valence-corrected chi connectivity index (χ1v) is 6.96. The third kappa shape index (κ3) is 2.38. The summed E-state index contributed by atoms with van der Waals surface area (Å²) in [6.07, 6.45) is 4.68. The van der Waals surface area contributed by atoms with Crippen LogP contribution in [0.3, 0.4) is 0 Å². The van der Waals surface area contributed by atoms with Crippen LogP contribution in [0, 0.1) is 5.92 Å². The van der Waals surface area contributed by atoms with E-state index in [0.717, 1.165) is 18.2 Å². The van der Waals surface area contributed by atoms with Crippen LogP contribution in [0.15, 0.2) is 24.3 Å². The molecule has 1 aromatic rings. The second-order valence-corrected chi connectivity index (χ2v) is 5.42. The number of fused-ring (bicyclic) bond motifs is 3. The molecule has 3 aliphatic rings. The Hall–Kier alpha value is -1.06. The van der Waals surface area contributed by atoms with Crippen LogP contribution in [-0.2, 0) is 6.54 Å². The van der Waals surface area contributed by atoms with E-state index < -0.39 is 0 Å². The summed E-state index contributed by atoms with van der Waals surface area (Å²) in [7, 11) is 1.74. The highest BCUT2D eigenvalue weighted by Crippen LogP contribution is 2.30. The number of rotatable bonds is 4. The standard InChI is InChI=1S/C15H22N2O/c1-18-14-5-3-2-4-13(14)11-16-15-10-12-6-8-17(15)9-7-12/h2-5,12,15-16H,6-11H2,1H3. The van der Waals surface area contributed by atoms with E-state index in [1.54, 1.807) is 7.11 Å². The summed E-state index contributed by atoms with van der Waals surface area (Å²) in [4.78, 5) is 2.59. The van der Waals surface area contributed by atoms with Crippen molar-refractivity contribution in [2.45, 2.75) is 32.0 Å². The molecule has 1 unspecified atom stereocenters. The highest BCUT2D eigenvalue weighted by molar-refractivity contribution is 5.33. The minimum absolute atomic E-state index is 0.572. The zero-order valence-electron chi connectivity index (χ0n) is 11.1. The van der Waals surface area contributed by atoms with Crippen molar-refractivity contribution in [3.8, 4) is 5.75 Å². The molecule has 98 valence electrons. The largest absolute Gasteiger partial charge is 0.496 e. The maximum absolute atomic E-state index is 5.39. The molecule has 18 heavy (non-hydrogen) atoms. The average Bonchev–Trinajstić information content (AvgIpc) is 2.46. The van der Waals surface area contributed by atoms with E-state index in [2.05, 4.69) is 22.3 Å². The number of hydrogen-bond acceptors (Lipinski definition) is 3. The van der Waals surface area contributed by atoms with Gasteiger partial charge in [0, 0.05) is 12.1 Å². The van der Waals surface area contributed by atoms with E-state index in [0.29, 0.717) is 6.17 Å². The summed E-state index contributed by atoms with van der Waals surface area (Å²) in [5.74, 6) is 1.94. The van der Waals surface area contributed by atoms with Crippen LogP contribution in [0.2, 0.25) is 0 Å². The van der Waals surface area contributed by atoms with Gasteiger partial charge in [-0.25, -0.2) is 0 Å². The van der Waals surface area contributed by atoms with E-state index in [9.17, 15) is 0 Å². The molecule has 3 aliphatic heterocycles. The monoisotopic (exact) mass is 246 g/mol. The smallest absolute Gasteiger partial charge is 0.123 e. The van der Waals surface area contributed by atoms with E-state index in [4.69, 9.17) is 4.74 Å². The molecule has 3 saturated heterocycles. The topological polar surface area (TPSA) is 24.5 Å². The van der Waals surface area contributed by atoms with Gasteiger partial charge in [0.2, 0.25) is 0 Å². The molecule has 3 heterocycles. The lowest BCUT2D eigenvalue weighted by Gasteiger charge is -2.45. The van der Waals surface area contributed by atoms with Crippen LogP contribution in [-0.4, -0.2) is 31.3 Å². The van der Waals surface area contributed by atoms with Crippen LogP contribution in [0.4, 0.5) is 0 Å². The average molecular weight is 246 g/mol. The summed E-state index contributed by atoms with van der Waals surface area (Å²) in [6.45, 7) is 3.44. The Morgan fingerprint density at radius 2 is 2.06 bits per heavy atom. The van der Waals surface area contributed by atoms with Gasteiger partial charge in [-0.15, -0.1) is 0 Å². The number of ether oxygens (including phenoxy) is 1. The number of benzene rings is 1. The molecular weight excluding hydrogens is 224 g/mol. The van der Waals surface area contributed by atoms with Crippen molar-refractivity contribution in [2.75, 3.05) is 20.2 Å². The van der Waals surface area contributed by atoms with Gasteiger partial charge in [-0.1, -0.05) is 18.2 Å². The molecule has 1 aromatic carbocycles. The first kappa shape index (κ1) is 12.0. The van der Waals surface area contributed by atoms with Gasteiger partial charge >= 0.3 is 0 Å². The molecule has 3 fully saturated rings. The Morgan fingerprint density at radius 1 is 1.28 bits per heavy atom. The van der Waals surface area contributed by atoms with Gasteiger partial charge < -0.3 is 4.74 Å². The molecule has 0 radical (unpaired) electrons. The minimum Gasteiger partial charge on any atom is -0.496 e. The molecule has 0 amide bonds. The second-order valence-electron chi connectivity index (χ2n) is 5.42. The van der Waals surface area contributed by atoms with Crippen molar-refractivity contribution in [3.63, 3.8) is 0 Å². The molecule has 2 bridgehead atoms. The number of methoxy groups -OCH3 is 1. The number of hydrogen-bond donors (Lipinski definition) is 1. The zero-order valence-corrected chi connectivity index (χ0v) is 11.1. The van der Waals surface area contributed by atoms with E-state index in [1.807, 2.05) is 12.1 Å². The Kier molecular flexibility index (Phi) is 3.52. The van der Waals surface area contributed by atoms with Gasteiger partial charge in [-0.2, -0.15) is 0 Å². The predicted octanol–water partition coefficient (Wildman–Crippen LogP) is 2.23. The molecule has 1 N–H and O–H groups in total. The van der Waals surface area contributed by atoms with E-state index in [1.165, 1.54) is 37.9 Å². The van der Waals surface area contributed by atoms with Crippen LogP contribution in [0.1, 0.15) is 24.8 Å². The number of para-hydroxylation sites is 1. The van der Waals surface area contributed by atoms with Crippen molar-refractivity contribution >= 4 is 0 Å². The number of piperidine rings is 3. The summed E-state index contributed by atoms with van der Waals surface area (Å²) < 4.78 is 5.39. The summed E-state index contributed by atoms with van der Waals surface area (Å²) in [5.41, 5.74) is 1.25. The second kappa shape index (κ2) is 5.29. The molecule has 1 atom stereocenters. The quantitative estimate of drug-likeness (QED) is 0.881. The lowest BCUT2D eigenvalue weighted by atomic mass is 9.86. The Morgan fingerprint density at radius 3 is 2.72 bits per heavy atom. The van der Waals surface area contributed by atoms with Crippen molar-refractivity contribution in [1.29, 1.82) is 0 Å². The Balaban J connectivity index is 1.61. The fourth-order valence-electron chi connectivity index (χ4n) is 3.25. The zero-order chi connectivity index (χ0) is 12.4. The fourth-order valence-corrected chi connectivity index (χ4v) is 3.25. The molecule has 0 spiro atoms. The van der Waals surface area contributed by atoms with Crippen LogP contribution < -0.4 is 10.1 Å². The predicted molar refractivity (Wildman–Crippen MR) is 72.5 cm³/mol. The van der Waals surface area contributed by atoms with Crippen LogP contribution >= 0.6 is 0 Å². The highest BCUT2D eigenvalue weighted by atomic mass is 16.5. The molecule has 0 aromatic heterocycles. The highest BCUT2D eigenvalue weighted by Gasteiger charge is 2.32. The number of nitrogens with zero attached hydrogens (tertiary/aromatic N) is 1. The first-order chi connectivity index (χ1) is 8.86. The maximum Gasteiger partial charge on any atom is 0.123 e. The van der Waals surface area contributed by atoms with Crippen molar-refractivity contribution in [1.82, 2.24) is 10.2 Å². The third-order valence-corrected chi connectivity index (χ3v) is 4.37. The molecule has 3 nitrogen and oxygen atoms in total. The first-order valence-electron chi connectivity index (χ1n) is 6.96. The van der Waals surface area contributed by atoms with Gasteiger partial charge in [-0.3, -0.25) is 10.2 Å². The minimum atomic E-state index is 0.572. The SMILES string of the molecule is COc1ccccc1CNC1CC2CCN1CC2. The summed E-state index contributed by atoms with van der Waals surface area (Å²) in [5, 5.41) is 3.69. The maximum atomic E-state index is 5.39. The van der Waals surface area contributed by atoms with E-state index >= 15 is 0 Å². The van der Waals surface area contributed by atoms with Gasteiger partial charge in [0.1, 0.15) is 5.75 Å². The molecular formula is C15H22N2O. The van der Waals surface area contributed by atoms with Crippen LogP contribution in [0.5, 0.6) is 5.75 Å². The lowest BCUT2D eigenvalue weighted by Crippen LogP contribution is -2.54. The molecule has 0 saturated carbocycles. The molecule has 0 aliphatic carbocycles. The number of nitrogens with one attached hydrogen (secondary N) is 1. The lowest BCUT2D eigenvalue weighted by molar-refractivity contribution is 0.0302. The Bertz CT molecular complexity index is 399. The molecule has 3 heteroatoms. The van der Waals surface area contributed by atoms with E-state index in [-0.39, 0.29) is 0 Å². The van der Waals surface area contributed by atoms with Gasteiger partial charge in [0.25, 0.3) is 0 Å². The van der Waals surface area contributed by atoms with Gasteiger partial charge in [0.15, 0.2) is 0 Å². The normalized spacial score (nSPS) is 30.4. The van der Waals surface area contributed by atoms with Crippen LogP contribution in [0.25, 0.3) is 0 Å².